The third-order valence-electron chi connectivity index (χ3n) is 4.24. The van der Waals surface area contributed by atoms with Gasteiger partial charge in [0.1, 0.15) is 16.6 Å². The largest absolute Gasteiger partial charge is 0.497 e. The zero-order valence-electron chi connectivity index (χ0n) is 15.3. The first-order chi connectivity index (χ1) is 13.6. The van der Waals surface area contributed by atoms with Crippen LogP contribution in [0.15, 0.2) is 51.4 Å². The minimum Gasteiger partial charge on any atom is -0.497 e. The van der Waals surface area contributed by atoms with E-state index in [1.54, 1.807) is 31.7 Å². The number of carbonyl (C=O) groups excluding carboxylic acids is 1. The number of rotatable bonds is 5. The molecule has 0 bridgehead atoms. The second kappa shape index (κ2) is 7.35. The Bertz CT molecular complexity index is 1120. The number of hydrogen-bond donors (Lipinski definition) is 1. The van der Waals surface area contributed by atoms with E-state index in [9.17, 15) is 4.79 Å². The quantitative estimate of drug-likeness (QED) is 0.654. The maximum Gasteiger partial charge on any atom is 0.357 e. The number of ether oxygens (including phenoxy) is 2. The number of fused-ring (bicyclic) bond motifs is 1. The summed E-state index contributed by atoms with van der Waals surface area (Å²) in [5.74, 6) is 0.755. The van der Waals surface area contributed by atoms with Crippen LogP contribution in [0, 0.1) is 0 Å². The van der Waals surface area contributed by atoms with Gasteiger partial charge in [-0.2, -0.15) is 0 Å². The van der Waals surface area contributed by atoms with E-state index in [1.807, 2.05) is 29.2 Å². The minimum atomic E-state index is -0.569. The molecule has 1 aliphatic heterocycles. The van der Waals surface area contributed by atoms with Crippen LogP contribution >= 0.6 is 11.3 Å². The molecule has 3 aromatic rings. The summed E-state index contributed by atoms with van der Waals surface area (Å²) in [6.45, 7) is 2.04. The molecule has 9 heteroatoms. The topological polar surface area (TPSA) is 103 Å². The van der Waals surface area contributed by atoms with Crippen molar-refractivity contribution in [3.8, 4) is 5.75 Å². The maximum atomic E-state index is 12.0. The van der Waals surface area contributed by atoms with Gasteiger partial charge in [-0.15, -0.1) is 11.3 Å². The van der Waals surface area contributed by atoms with Gasteiger partial charge < -0.3 is 19.6 Å². The standard InChI is InChI=1S/C19H18N4O4S/c1-3-26-19(24)14-10-28-18(21-14)16-22-17-13(8-9-27-17)15(20)23(16)11-4-6-12(25-2)7-5-11/h4-10,16H,3,20H2,1-2H3. The van der Waals surface area contributed by atoms with Crippen molar-refractivity contribution < 1.29 is 18.7 Å². The highest BCUT2D eigenvalue weighted by molar-refractivity contribution is 7.10. The Labute approximate surface area is 164 Å². The van der Waals surface area contributed by atoms with Crippen molar-refractivity contribution >= 4 is 28.8 Å². The fraction of sp³-hybridized carbons (Fsp3) is 0.211. The van der Waals surface area contributed by atoms with Gasteiger partial charge in [-0.1, -0.05) is 0 Å². The van der Waals surface area contributed by atoms with Gasteiger partial charge in [0.2, 0.25) is 5.55 Å². The molecule has 3 heterocycles. The van der Waals surface area contributed by atoms with Crippen molar-refractivity contribution in [3.05, 3.63) is 63.4 Å². The van der Waals surface area contributed by atoms with Gasteiger partial charge in [-0.3, -0.25) is 4.90 Å². The molecule has 1 atom stereocenters. The lowest BCUT2D eigenvalue weighted by molar-refractivity contribution is 0.0520. The Morgan fingerprint density at radius 3 is 2.82 bits per heavy atom. The number of thiazole rings is 1. The second-order valence-electron chi connectivity index (χ2n) is 5.89. The molecule has 4 rings (SSSR count). The number of nitrogens with zero attached hydrogens (tertiary/aromatic N) is 3. The molecule has 1 unspecified atom stereocenters. The number of esters is 1. The fourth-order valence-electron chi connectivity index (χ4n) is 2.92. The molecule has 0 saturated carbocycles. The average molecular weight is 398 g/mol. The molecule has 28 heavy (non-hydrogen) atoms. The lowest BCUT2D eigenvalue weighted by Crippen LogP contribution is -2.43. The summed E-state index contributed by atoms with van der Waals surface area (Å²) in [7, 11) is 1.61. The highest BCUT2D eigenvalue weighted by Gasteiger charge is 2.30. The first kappa shape index (κ1) is 18.1. The van der Waals surface area contributed by atoms with Gasteiger partial charge in [0.15, 0.2) is 11.9 Å². The number of anilines is 1. The van der Waals surface area contributed by atoms with E-state index in [4.69, 9.17) is 19.6 Å². The number of nitrogens with two attached hydrogens (primary N) is 1. The van der Waals surface area contributed by atoms with Gasteiger partial charge >= 0.3 is 5.97 Å². The van der Waals surface area contributed by atoms with Crippen molar-refractivity contribution in [2.75, 3.05) is 18.6 Å². The highest BCUT2D eigenvalue weighted by Crippen LogP contribution is 2.34. The van der Waals surface area contributed by atoms with Gasteiger partial charge in [-0.25, -0.2) is 14.8 Å². The van der Waals surface area contributed by atoms with E-state index >= 15 is 0 Å². The summed E-state index contributed by atoms with van der Waals surface area (Å²) < 4.78 is 15.7. The molecule has 2 N–H and O–H groups in total. The predicted molar refractivity (Wildman–Crippen MR) is 103 cm³/mol. The predicted octanol–water partition coefficient (Wildman–Crippen LogP) is 1.78. The number of aromatic nitrogens is 1. The molecule has 0 spiro atoms. The molecule has 0 amide bonds. The fourth-order valence-corrected chi connectivity index (χ4v) is 3.73. The lowest BCUT2D eigenvalue weighted by atomic mass is 10.2. The van der Waals surface area contributed by atoms with Gasteiger partial charge in [0, 0.05) is 11.1 Å². The Kier molecular flexibility index (Phi) is 4.74. The van der Waals surface area contributed by atoms with Crippen LogP contribution in [0.5, 0.6) is 5.75 Å². The van der Waals surface area contributed by atoms with E-state index < -0.39 is 12.1 Å². The van der Waals surface area contributed by atoms with E-state index in [1.165, 1.54) is 11.3 Å². The summed E-state index contributed by atoms with van der Waals surface area (Å²) in [6, 6.07) is 9.23. The normalized spacial score (nSPS) is 15.7. The van der Waals surface area contributed by atoms with E-state index in [-0.39, 0.29) is 12.3 Å². The van der Waals surface area contributed by atoms with Crippen molar-refractivity contribution in [3.63, 3.8) is 0 Å². The summed E-state index contributed by atoms with van der Waals surface area (Å²) in [5.41, 5.74) is 7.94. The van der Waals surface area contributed by atoms with Gasteiger partial charge in [0.25, 0.3) is 0 Å². The van der Waals surface area contributed by atoms with E-state index in [0.29, 0.717) is 21.6 Å². The van der Waals surface area contributed by atoms with Crippen LogP contribution in [0.25, 0.3) is 5.82 Å². The monoisotopic (exact) mass is 398 g/mol. The smallest absolute Gasteiger partial charge is 0.357 e. The summed E-state index contributed by atoms with van der Waals surface area (Å²) >= 11 is 1.31. The zero-order valence-corrected chi connectivity index (χ0v) is 16.1. The molecule has 0 fully saturated rings. The van der Waals surface area contributed by atoms with Crippen molar-refractivity contribution in [1.29, 1.82) is 0 Å². The van der Waals surface area contributed by atoms with E-state index in [0.717, 1.165) is 11.4 Å². The van der Waals surface area contributed by atoms with Crippen molar-refractivity contribution in [2.24, 2.45) is 10.7 Å². The van der Waals surface area contributed by atoms with Crippen LogP contribution in [0.2, 0.25) is 0 Å². The summed E-state index contributed by atoms with van der Waals surface area (Å²) in [6.07, 6.45) is 0.974. The van der Waals surface area contributed by atoms with E-state index in [2.05, 4.69) is 9.98 Å². The van der Waals surface area contributed by atoms with Crippen molar-refractivity contribution in [2.45, 2.75) is 13.1 Å². The first-order valence-corrected chi connectivity index (χ1v) is 9.47. The SMILES string of the molecule is CCOC(=O)c1csc(C2N=c3occc3=C(N)N2c2ccc(OC)cc2)n1. The number of furan rings is 1. The van der Waals surface area contributed by atoms with Crippen LogP contribution in [-0.4, -0.2) is 24.7 Å². The molecule has 144 valence electrons. The Morgan fingerprint density at radius 2 is 2.11 bits per heavy atom. The van der Waals surface area contributed by atoms with Crippen LogP contribution in [0.4, 0.5) is 5.69 Å². The molecular formula is C19H18N4O4S. The first-order valence-electron chi connectivity index (χ1n) is 8.59. The minimum absolute atomic E-state index is 0.246. The van der Waals surface area contributed by atoms with Crippen LogP contribution in [-0.2, 0) is 4.74 Å². The third-order valence-corrected chi connectivity index (χ3v) is 5.13. The Hall–Kier alpha value is -3.33. The van der Waals surface area contributed by atoms with Crippen LogP contribution < -0.4 is 26.1 Å². The molecule has 8 nitrogen and oxygen atoms in total. The highest BCUT2D eigenvalue weighted by atomic mass is 32.1. The molecular weight excluding hydrogens is 380 g/mol. The van der Waals surface area contributed by atoms with Crippen LogP contribution in [0.1, 0.15) is 28.6 Å². The van der Waals surface area contributed by atoms with Gasteiger partial charge in [-0.05, 0) is 37.3 Å². The van der Waals surface area contributed by atoms with Crippen LogP contribution in [0.3, 0.4) is 0 Å². The molecule has 2 aromatic heterocycles. The second-order valence-corrected chi connectivity index (χ2v) is 6.78. The lowest BCUT2D eigenvalue weighted by Gasteiger charge is -2.31. The molecule has 0 radical (unpaired) electrons. The number of methoxy groups -OCH3 is 1. The number of benzene rings is 1. The number of hydrogen-bond acceptors (Lipinski definition) is 9. The molecule has 1 aromatic carbocycles. The molecule has 0 aliphatic carbocycles. The zero-order chi connectivity index (χ0) is 19.7. The summed E-state index contributed by atoms with van der Waals surface area (Å²) in [4.78, 5) is 22.9. The third kappa shape index (κ3) is 3.09. The Balaban J connectivity index is 1.80. The maximum absolute atomic E-state index is 12.0. The van der Waals surface area contributed by atoms with Gasteiger partial charge in [0.05, 0.1) is 25.2 Å². The van der Waals surface area contributed by atoms with Crippen molar-refractivity contribution in [1.82, 2.24) is 4.98 Å². The Morgan fingerprint density at radius 1 is 1.32 bits per heavy atom. The molecule has 1 aliphatic rings. The number of carbonyl (C=O) groups is 1. The molecule has 0 saturated heterocycles. The average Bonchev–Trinajstić information content (AvgIpc) is 3.38. The summed E-state index contributed by atoms with van der Waals surface area (Å²) in [5, 5.41) is 2.96.